The Morgan fingerprint density at radius 1 is 1.22 bits per heavy atom. The molecule has 1 aliphatic rings. The van der Waals surface area contributed by atoms with Gasteiger partial charge in [-0.1, -0.05) is 23.7 Å². The summed E-state index contributed by atoms with van der Waals surface area (Å²) in [5, 5.41) is 10.7. The maximum atomic E-state index is 13.2. The maximum Gasteiger partial charge on any atom is 0.436 e. The number of aryl methyl sites for hydroxylation is 1. The van der Waals surface area contributed by atoms with Crippen LogP contribution >= 0.6 is 27.5 Å². The number of amides is 1. The Morgan fingerprint density at radius 2 is 1.91 bits per heavy atom. The fourth-order valence-electron chi connectivity index (χ4n) is 3.29. The maximum absolute atomic E-state index is 13.2. The van der Waals surface area contributed by atoms with Crippen molar-refractivity contribution in [1.82, 2.24) is 19.6 Å². The zero-order valence-electron chi connectivity index (χ0n) is 16.5. The van der Waals surface area contributed by atoms with Crippen LogP contribution in [0.1, 0.15) is 42.1 Å². The van der Waals surface area contributed by atoms with Gasteiger partial charge in [0, 0.05) is 18.5 Å². The second kappa shape index (κ2) is 8.86. The second-order valence-corrected chi connectivity index (χ2v) is 8.69. The number of carbonyl (C=O) groups is 1. The van der Waals surface area contributed by atoms with Crippen LogP contribution in [0.25, 0.3) is 0 Å². The lowest BCUT2D eigenvalue weighted by molar-refractivity contribution is -0.142. The normalized spacial score (nSPS) is 14.1. The Kier molecular flexibility index (Phi) is 6.30. The molecule has 1 aliphatic carbocycles. The highest BCUT2D eigenvalue weighted by atomic mass is 79.9. The number of halogens is 6. The van der Waals surface area contributed by atoms with Gasteiger partial charge in [-0.3, -0.25) is 14.2 Å². The van der Waals surface area contributed by atoms with Crippen molar-refractivity contribution in [1.29, 1.82) is 0 Å². The van der Waals surface area contributed by atoms with Crippen molar-refractivity contribution in [3.8, 4) is 0 Å². The van der Waals surface area contributed by atoms with Crippen molar-refractivity contribution in [2.24, 2.45) is 0 Å². The van der Waals surface area contributed by atoms with E-state index in [2.05, 4.69) is 31.4 Å². The Balaban J connectivity index is 1.41. The zero-order valence-corrected chi connectivity index (χ0v) is 18.8. The molecule has 2 heterocycles. The highest BCUT2D eigenvalue weighted by molar-refractivity contribution is 9.10. The summed E-state index contributed by atoms with van der Waals surface area (Å²) in [5.74, 6) is -0.663. The molecule has 170 valence electrons. The number of benzene rings is 1. The van der Waals surface area contributed by atoms with Gasteiger partial charge in [-0.25, -0.2) is 4.39 Å². The molecule has 6 nitrogen and oxygen atoms in total. The molecule has 1 amide bonds. The van der Waals surface area contributed by atoms with E-state index in [1.165, 1.54) is 27.7 Å². The number of hydrogen-bond acceptors (Lipinski definition) is 3. The first-order chi connectivity index (χ1) is 15.1. The molecule has 4 rings (SSSR count). The van der Waals surface area contributed by atoms with Gasteiger partial charge in [-0.2, -0.15) is 23.4 Å². The monoisotopic (exact) mass is 533 g/mol. The molecule has 1 aromatic carbocycles. The number of nitrogens with zero attached hydrogens (tertiary/aromatic N) is 4. The summed E-state index contributed by atoms with van der Waals surface area (Å²) in [5.41, 5.74) is 0.273. The summed E-state index contributed by atoms with van der Waals surface area (Å²) in [6, 6.07) is 5.88. The molecule has 1 N–H and O–H groups in total. The minimum atomic E-state index is -4.58. The van der Waals surface area contributed by atoms with Gasteiger partial charge in [0.25, 0.3) is 0 Å². The first-order valence-electron chi connectivity index (χ1n) is 9.72. The molecule has 3 aromatic rings. The molecule has 0 radical (unpaired) electrons. The van der Waals surface area contributed by atoms with E-state index in [0.717, 1.165) is 18.4 Å². The third kappa shape index (κ3) is 5.15. The van der Waals surface area contributed by atoms with Gasteiger partial charge in [0.05, 0.1) is 23.3 Å². The Labute approximate surface area is 193 Å². The SMILES string of the molecule is O=C(CCn1nc(C(F)(F)F)c(Br)c1C1CC1)Nc1nn(Cc2ccc(F)cc2)cc1Cl. The Bertz CT molecular complexity index is 1140. The fraction of sp³-hybridized carbons (Fsp3) is 0.350. The average Bonchev–Trinajstić information content (AvgIpc) is 3.41. The number of aromatic nitrogens is 4. The average molecular weight is 535 g/mol. The lowest BCUT2D eigenvalue weighted by atomic mass is 10.2. The van der Waals surface area contributed by atoms with Crippen molar-refractivity contribution in [2.75, 3.05) is 5.32 Å². The Morgan fingerprint density at radius 3 is 2.53 bits per heavy atom. The highest BCUT2D eigenvalue weighted by Gasteiger charge is 2.41. The van der Waals surface area contributed by atoms with Crippen LogP contribution < -0.4 is 5.32 Å². The Hall–Kier alpha value is -2.40. The van der Waals surface area contributed by atoms with Gasteiger partial charge in [-0.05, 0) is 46.5 Å². The third-order valence-electron chi connectivity index (χ3n) is 4.95. The van der Waals surface area contributed by atoms with Gasteiger partial charge in [0.15, 0.2) is 11.5 Å². The van der Waals surface area contributed by atoms with Crippen molar-refractivity contribution in [3.63, 3.8) is 0 Å². The van der Waals surface area contributed by atoms with E-state index in [9.17, 15) is 22.4 Å². The van der Waals surface area contributed by atoms with Crippen LogP contribution in [0, 0.1) is 5.82 Å². The molecule has 0 bridgehead atoms. The smallest absolute Gasteiger partial charge is 0.308 e. The van der Waals surface area contributed by atoms with Crippen LogP contribution in [0.4, 0.5) is 23.4 Å². The minimum absolute atomic E-state index is 0.00707. The molecule has 0 aliphatic heterocycles. The summed E-state index contributed by atoms with van der Waals surface area (Å²) < 4.78 is 55.3. The van der Waals surface area contributed by atoms with Crippen LogP contribution in [-0.2, 0) is 24.1 Å². The van der Waals surface area contributed by atoms with Crippen LogP contribution in [0.3, 0.4) is 0 Å². The number of nitrogens with one attached hydrogen (secondary N) is 1. The fourth-order valence-corrected chi connectivity index (χ4v) is 4.32. The molecular weight excluding hydrogens is 518 g/mol. The second-order valence-electron chi connectivity index (χ2n) is 7.49. The number of carbonyl (C=O) groups excluding carboxylic acids is 1. The summed E-state index contributed by atoms with van der Waals surface area (Å²) in [6.07, 6.45) is -1.59. The van der Waals surface area contributed by atoms with E-state index in [0.29, 0.717) is 12.2 Å². The predicted octanol–water partition coefficient (Wildman–Crippen LogP) is 5.61. The predicted molar refractivity (Wildman–Crippen MR) is 113 cm³/mol. The molecule has 0 saturated heterocycles. The molecule has 0 spiro atoms. The molecule has 32 heavy (non-hydrogen) atoms. The number of alkyl halides is 3. The van der Waals surface area contributed by atoms with Gasteiger partial charge < -0.3 is 5.32 Å². The van der Waals surface area contributed by atoms with E-state index < -0.39 is 17.8 Å². The summed E-state index contributed by atoms with van der Waals surface area (Å²) in [6.45, 7) is 0.308. The van der Waals surface area contributed by atoms with Crippen molar-refractivity contribution < 1.29 is 22.4 Å². The highest BCUT2D eigenvalue weighted by Crippen LogP contribution is 2.47. The van der Waals surface area contributed by atoms with Gasteiger partial charge in [0.1, 0.15) is 10.8 Å². The van der Waals surface area contributed by atoms with E-state index in [4.69, 9.17) is 11.6 Å². The zero-order chi connectivity index (χ0) is 23.0. The quantitative estimate of drug-likeness (QED) is 0.401. The molecule has 0 unspecified atom stereocenters. The van der Waals surface area contributed by atoms with Crippen LogP contribution in [0.2, 0.25) is 5.02 Å². The molecule has 2 aromatic heterocycles. The van der Waals surface area contributed by atoms with Crippen molar-refractivity contribution in [3.05, 3.63) is 62.7 Å². The first-order valence-corrected chi connectivity index (χ1v) is 10.9. The molecule has 12 heteroatoms. The summed E-state index contributed by atoms with van der Waals surface area (Å²) >= 11 is 9.17. The largest absolute Gasteiger partial charge is 0.436 e. The van der Waals surface area contributed by atoms with E-state index in [-0.39, 0.29) is 40.0 Å². The van der Waals surface area contributed by atoms with E-state index >= 15 is 0 Å². The standard InChI is InChI=1S/C20H17BrClF4N5O/c21-16-17(12-3-4-12)31(28-18(16)20(24,25)26)8-7-15(32)27-19-14(22)10-30(29-19)9-11-1-5-13(23)6-2-11/h1-2,5-6,10,12H,3-4,7-9H2,(H,27,29,32). The van der Waals surface area contributed by atoms with E-state index in [1.807, 2.05) is 0 Å². The van der Waals surface area contributed by atoms with Crippen LogP contribution in [0.15, 0.2) is 34.9 Å². The lowest BCUT2D eigenvalue weighted by Gasteiger charge is -2.07. The topological polar surface area (TPSA) is 64.7 Å². The minimum Gasteiger partial charge on any atom is -0.308 e. The van der Waals surface area contributed by atoms with Crippen LogP contribution in [-0.4, -0.2) is 25.5 Å². The van der Waals surface area contributed by atoms with Gasteiger partial charge in [-0.15, -0.1) is 0 Å². The number of rotatable bonds is 7. The molecule has 0 atom stereocenters. The van der Waals surface area contributed by atoms with Gasteiger partial charge in [0.2, 0.25) is 5.91 Å². The van der Waals surface area contributed by atoms with Crippen molar-refractivity contribution >= 4 is 39.3 Å². The molecule has 1 saturated carbocycles. The molecule has 1 fully saturated rings. The third-order valence-corrected chi connectivity index (χ3v) is 6.01. The summed E-state index contributed by atoms with van der Waals surface area (Å²) in [7, 11) is 0. The van der Waals surface area contributed by atoms with Gasteiger partial charge >= 0.3 is 6.18 Å². The van der Waals surface area contributed by atoms with E-state index in [1.54, 1.807) is 12.1 Å². The summed E-state index contributed by atoms with van der Waals surface area (Å²) in [4.78, 5) is 12.4. The first kappa shape index (κ1) is 22.8. The number of anilines is 1. The number of hydrogen-bond donors (Lipinski definition) is 1. The lowest BCUT2D eigenvalue weighted by Crippen LogP contribution is -2.17. The van der Waals surface area contributed by atoms with Crippen molar-refractivity contribution in [2.45, 2.75) is 44.4 Å². The molecular formula is C20H17BrClF4N5O. The van der Waals surface area contributed by atoms with Crippen LogP contribution in [0.5, 0.6) is 0 Å².